The minimum atomic E-state index is -4.70. The van der Waals surface area contributed by atoms with Crippen LogP contribution in [0.15, 0.2) is 24.3 Å². The van der Waals surface area contributed by atoms with Crippen molar-refractivity contribution in [3.05, 3.63) is 52.1 Å². The summed E-state index contributed by atoms with van der Waals surface area (Å²) in [6, 6.07) is 6.52. The van der Waals surface area contributed by atoms with Crippen LogP contribution < -0.4 is 25.8 Å². The van der Waals surface area contributed by atoms with Crippen molar-refractivity contribution in [3.63, 3.8) is 0 Å². The van der Waals surface area contributed by atoms with E-state index in [9.17, 15) is 52.4 Å². The molecular formula is C43H76N6O17P4. The van der Waals surface area contributed by atoms with Gasteiger partial charge in [-0.15, -0.1) is 0 Å². The van der Waals surface area contributed by atoms with E-state index in [2.05, 4.69) is 33.4 Å². The van der Waals surface area contributed by atoms with Gasteiger partial charge in [0.15, 0.2) is 0 Å². The summed E-state index contributed by atoms with van der Waals surface area (Å²) in [6.45, 7) is 15.8. The number of nitrogens with one attached hydrogen (secondary N) is 4. The van der Waals surface area contributed by atoms with Crippen molar-refractivity contribution < 1.29 is 79.6 Å². The highest BCUT2D eigenvalue weighted by Gasteiger charge is 2.30. The number of nitrogens with zero attached hydrogens (tertiary/aromatic N) is 2. The van der Waals surface area contributed by atoms with Gasteiger partial charge in [0.25, 0.3) is 0 Å². The third-order valence-corrected chi connectivity index (χ3v) is 15.7. The molecule has 0 saturated carbocycles. The number of hydrogen-bond acceptors (Lipinski definition) is 17. The first kappa shape index (κ1) is 63.2. The predicted octanol–water partition coefficient (Wildman–Crippen LogP) is 5.22. The van der Waals surface area contributed by atoms with E-state index in [-0.39, 0.29) is 110 Å². The van der Waals surface area contributed by atoms with E-state index in [4.69, 9.17) is 27.1 Å². The van der Waals surface area contributed by atoms with Gasteiger partial charge in [-0.25, -0.2) is 4.57 Å². The summed E-state index contributed by atoms with van der Waals surface area (Å²) in [7, 11) is -16.3. The monoisotopic (exact) mass is 1070 g/mol. The average Bonchev–Trinajstić information content (AvgIpc) is 3.24. The zero-order chi connectivity index (χ0) is 52.7. The van der Waals surface area contributed by atoms with Gasteiger partial charge >= 0.3 is 36.6 Å². The Morgan fingerprint density at radius 1 is 0.643 bits per heavy atom. The molecule has 0 spiro atoms. The fourth-order valence-corrected chi connectivity index (χ4v) is 11.6. The second kappa shape index (κ2) is 31.0. The summed E-state index contributed by atoms with van der Waals surface area (Å²) in [6.07, 6.45) is -1.52. The zero-order valence-electron chi connectivity index (χ0n) is 41.9. The molecular weight excluding hydrogens is 996 g/mol. The van der Waals surface area contributed by atoms with Crippen molar-refractivity contribution in [1.82, 2.24) is 31.1 Å². The van der Waals surface area contributed by atoms with Crippen LogP contribution in [0.1, 0.15) is 68.4 Å². The first-order valence-corrected chi connectivity index (χ1v) is 29.9. The second-order valence-corrected chi connectivity index (χ2v) is 23.4. The van der Waals surface area contributed by atoms with E-state index >= 15 is 0 Å². The van der Waals surface area contributed by atoms with Gasteiger partial charge in [-0.05, 0) is 121 Å². The number of phosphoric ester groups is 1. The van der Waals surface area contributed by atoms with E-state index in [1.165, 1.54) is 0 Å². The Labute approximate surface area is 412 Å². The Hall–Kier alpha value is -2.91. The molecule has 2 rings (SSSR count). The van der Waals surface area contributed by atoms with Gasteiger partial charge < -0.3 is 58.8 Å². The summed E-state index contributed by atoms with van der Waals surface area (Å²) < 4.78 is 82.3. The number of carboxylic acids is 1. The molecule has 0 aliphatic heterocycles. The maximum Gasteiger partial charge on any atom is 0.527 e. The Balaban J connectivity index is 2.27. The van der Waals surface area contributed by atoms with Crippen molar-refractivity contribution in [3.8, 4) is 16.9 Å². The standard InChI is InChI=1S/C43H76N6O17P4/c1-10-61-68(57,62-11-2)30-46-40(50)27-44-17-19-49(21-20-48(18-16-45-29-67(54,55)56)28-41(51)47-31-69(58,63-12-3)64-13-4)38(43(52)53)15-14-22-65-70(59,60)66-39-26-33(6)37(25-34(39)7)42-35(8)23-32(5)24-36(42)9/h23-26,38,44-45H,10-22,27-31H2,1-9H3,(H,46,50)(H,47,51)(H,52,53)(H,59,60)(H2,54,55,56)/t38-/m1/s1. The summed E-state index contributed by atoms with van der Waals surface area (Å²) in [4.78, 5) is 71.4. The highest BCUT2D eigenvalue weighted by Crippen LogP contribution is 2.48. The van der Waals surface area contributed by atoms with Gasteiger partial charge in [-0.3, -0.25) is 47.3 Å². The minimum absolute atomic E-state index is 0.00236. The van der Waals surface area contributed by atoms with Gasteiger partial charge in [0.05, 0.1) is 52.4 Å². The highest BCUT2D eigenvalue weighted by molar-refractivity contribution is 7.54. The number of aliphatic carboxylic acids is 1. The zero-order valence-corrected chi connectivity index (χ0v) is 45.5. The molecule has 2 amide bonds. The number of rotatable bonds is 37. The lowest BCUT2D eigenvalue weighted by molar-refractivity contribution is -0.144. The van der Waals surface area contributed by atoms with E-state index < -0.39 is 67.0 Å². The maximum atomic E-state index is 13.2. The van der Waals surface area contributed by atoms with E-state index in [1.807, 2.05) is 33.8 Å². The van der Waals surface area contributed by atoms with Crippen molar-refractivity contribution in [1.29, 1.82) is 0 Å². The molecule has 0 fully saturated rings. The number of benzene rings is 2. The molecule has 0 aromatic heterocycles. The van der Waals surface area contributed by atoms with Crippen LogP contribution in [0.2, 0.25) is 0 Å². The molecule has 2 aromatic rings. The van der Waals surface area contributed by atoms with Gasteiger partial charge in [-0.2, -0.15) is 0 Å². The molecule has 0 saturated heterocycles. The smallest absolute Gasteiger partial charge is 0.480 e. The predicted molar refractivity (Wildman–Crippen MR) is 266 cm³/mol. The van der Waals surface area contributed by atoms with E-state index in [1.54, 1.807) is 50.5 Å². The molecule has 23 nitrogen and oxygen atoms in total. The van der Waals surface area contributed by atoms with Gasteiger partial charge in [0, 0.05) is 39.3 Å². The van der Waals surface area contributed by atoms with Crippen LogP contribution in [-0.2, 0) is 55.3 Å². The SMILES string of the molecule is CCOP(=O)(CNC(=O)CNCCN(CCN(CCNCP(=O)(O)O)CC(=O)NCP(=O)(OCC)OCC)[C@H](CCCOP(=O)(O)Oc1cc(C)c(-c2c(C)cc(C)cc2C)cc1C)C(=O)O)OCC. The molecule has 400 valence electrons. The van der Waals surface area contributed by atoms with Crippen LogP contribution in [-0.4, -0.2) is 158 Å². The average molecular weight is 1070 g/mol. The van der Waals surface area contributed by atoms with Crippen LogP contribution in [0.5, 0.6) is 5.75 Å². The van der Waals surface area contributed by atoms with Gasteiger partial charge in [-0.1, -0.05) is 17.7 Å². The number of carbonyl (C=O) groups excluding carboxylic acids is 2. The second-order valence-electron chi connectivity index (χ2n) is 16.3. The Morgan fingerprint density at radius 3 is 1.71 bits per heavy atom. The lowest BCUT2D eigenvalue weighted by Crippen LogP contribution is -2.50. The lowest BCUT2D eigenvalue weighted by Gasteiger charge is -2.32. The van der Waals surface area contributed by atoms with E-state index in [0.29, 0.717) is 5.56 Å². The van der Waals surface area contributed by atoms with Gasteiger partial charge in [0.2, 0.25) is 11.8 Å². The summed E-state index contributed by atoms with van der Waals surface area (Å²) >= 11 is 0. The molecule has 0 aliphatic carbocycles. The number of carboxylic acid groups (broad SMARTS) is 1. The van der Waals surface area contributed by atoms with Crippen LogP contribution in [0.4, 0.5) is 0 Å². The third kappa shape index (κ3) is 23.8. The molecule has 27 heteroatoms. The molecule has 0 heterocycles. The van der Waals surface area contributed by atoms with Gasteiger partial charge in [0.1, 0.15) is 24.4 Å². The highest BCUT2D eigenvalue weighted by atomic mass is 31.2. The quantitative estimate of drug-likeness (QED) is 0.0317. The van der Waals surface area contributed by atoms with Crippen LogP contribution >= 0.6 is 30.6 Å². The molecule has 0 aliphatic rings. The Bertz CT molecular complexity index is 2160. The molecule has 0 radical (unpaired) electrons. The van der Waals surface area contributed by atoms with Crippen LogP contribution in [0, 0.1) is 34.6 Å². The number of phosphoric acid groups is 1. The van der Waals surface area contributed by atoms with Crippen LogP contribution in [0.3, 0.4) is 0 Å². The Kier molecular flexibility index (Phi) is 28.0. The molecule has 2 atom stereocenters. The minimum Gasteiger partial charge on any atom is -0.480 e. The number of carbonyl (C=O) groups is 3. The number of aryl methyl sites for hydroxylation is 5. The Morgan fingerprint density at radius 2 is 1.19 bits per heavy atom. The van der Waals surface area contributed by atoms with Crippen molar-refractivity contribution in [2.75, 3.05) is 104 Å². The molecule has 0 bridgehead atoms. The van der Waals surface area contributed by atoms with Crippen molar-refractivity contribution in [2.45, 2.75) is 81.2 Å². The number of amides is 2. The fourth-order valence-electron chi connectivity index (χ4n) is 7.42. The lowest BCUT2D eigenvalue weighted by atomic mass is 9.90. The van der Waals surface area contributed by atoms with Crippen molar-refractivity contribution >= 4 is 48.4 Å². The van der Waals surface area contributed by atoms with Crippen LogP contribution in [0.25, 0.3) is 11.1 Å². The number of hydrogen-bond donors (Lipinski definition) is 8. The molecule has 1 unspecified atom stereocenters. The summed E-state index contributed by atoms with van der Waals surface area (Å²) in [5.74, 6) is -2.22. The van der Waals surface area contributed by atoms with E-state index in [0.717, 1.165) is 33.4 Å². The molecule has 8 N–H and O–H groups in total. The van der Waals surface area contributed by atoms with Crippen molar-refractivity contribution in [2.24, 2.45) is 0 Å². The maximum absolute atomic E-state index is 13.2. The molecule has 70 heavy (non-hydrogen) atoms. The molecule has 2 aromatic carbocycles. The first-order chi connectivity index (χ1) is 32.8. The fraction of sp³-hybridized carbons (Fsp3) is 0.651. The largest absolute Gasteiger partial charge is 0.527 e. The normalized spacial score (nSPS) is 13.6. The third-order valence-electron chi connectivity index (χ3n) is 10.4. The summed E-state index contributed by atoms with van der Waals surface area (Å²) in [5, 5.41) is 21.1. The topological polar surface area (TPSA) is 310 Å². The summed E-state index contributed by atoms with van der Waals surface area (Å²) in [5.41, 5.74) is 6.74. The first-order valence-electron chi connectivity index (χ1n) is 23.1.